The number of fused-ring (bicyclic) bond motifs is 6. The number of pyridine rings is 1. The second-order valence-corrected chi connectivity index (χ2v) is 6.21. The van der Waals surface area contributed by atoms with Crippen molar-refractivity contribution in [3.63, 3.8) is 0 Å². The van der Waals surface area contributed by atoms with Gasteiger partial charge in [-0.1, -0.05) is 6.07 Å². The summed E-state index contributed by atoms with van der Waals surface area (Å²) in [6.45, 7) is 0.285. The second-order valence-electron chi connectivity index (χ2n) is 6.21. The lowest BCUT2D eigenvalue weighted by molar-refractivity contribution is 0.174. The Morgan fingerprint density at radius 2 is 1.80 bits per heavy atom. The van der Waals surface area contributed by atoms with Gasteiger partial charge in [0.05, 0.1) is 19.9 Å². The molecule has 0 spiro atoms. The molecule has 0 fully saturated rings. The number of aromatic nitrogens is 1. The number of nitrogens with zero attached hydrogens (tertiary/aromatic N) is 1. The van der Waals surface area contributed by atoms with E-state index in [2.05, 4.69) is 18.2 Å². The van der Waals surface area contributed by atoms with E-state index in [0.717, 1.165) is 57.9 Å². The van der Waals surface area contributed by atoms with Gasteiger partial charge in [-0.2, -0.15) is 0 Å². The molecule has 2 aromatic carbocycles. The lowest BCUT2D eigenvalue weighted by Gasteiger charge is -2.22. The van der Waals surface area contributed by atoms with E-state index in [4.69, 9.17) is 23.9 Å². The molecule has 1 aliphatic heterocycles. The molecule has 5 rings (SSSR count). The molecule has 0 atom stereocenters. The number of methoxy groups -OCH3 is 2. The van der Waals surface area contributed by atoms with Gasteiger partial charge in [0.15, 0.2) is 23.0 Å². The fourth-order valence-corrected chi connectivity index (χ4v) is 3.83. The van der Waals surface area contributed by atoms with E-state index in [0.29, 0.717) is 0 Å². The van der Waals surface area contributed by atoms with Gasteiger partial charge < -0.3 is 18.9 Å². The molecule has 0 amide bonds. The fourth-order valence-electron chi connectivity index (χ4n) is 3.83. The molecule has 0 unspecified atom stereocenters. The number of aryl methyl sites for hydroxylation is 2. The van der Waals surface area contributed by atoms with Crippen molar-refractivity contribution in [2.75, 3.05) is 21.0 Å². The third-order valence-corrected chi connectivity index (χ3v) is 5.02. The topological polar surface area (TPSA) is 49.8 Å². The molecular formula is C20H17NO4. The minimum Gasteiger partial charge on any atom is -0.493 e. The van der Waals surface area contributed by atoms with E-state index >= 15 is 0 Å². The Morgan fingerprint density at radius 3 is 2.60 bits per heavy atom. The minimum absolute atomic E-state index is 0.285. The van der Waals surface area contributed by atoms with Crippen LogP contribution in [0.1, 0.15) is 11.1 Å². The van der Waals surface area contributed by atoms with Crippen LogP contribution < -0.4 is 18.9 Å². The average molecular weight is 335 g/mol. The molecule has 1 aromatic heterocycles. The smallest absolute Gasteiger partial charge is 0.231 e. The molecule has 2 aliphatic rings. The molecule has 5 heteroatoms. The van der Waals surface area contributed by atoms with Gasteiger partial charge in [-0.25, -0.2) is 0 Å². The van der Waals surface area contributed by atoms with Crippen LogP contribution in [0.2, 0.25) is 0 Å². The highest BCUT2D eigenvalue weighted by molar-refractivity contribution is 5.96. The number of hydrogen-bond donors (Lipinski definition) is 0. The molecule has 2 heterocycles. The number of ether oxygens (including phenoxy) is 4. The van der Waals surface area contributed by atoms with E-state index in [1.165, 1.54) is 11.1 Å². The van der Waals surface area contributed by atoms with Crippen LogP contribution in [-0.4, -0.2) is 26.0 Å². The molecule has 0 radical (unpaired) electrons. The number of rotatable bonds is 2. The van der Waals surface area contributed by atoms with Crippen molar-refractivity contribution < 1.29 is 18.9 Å². The lowest BCUT2D eigenvalue weighted by atomic mass is 9.86. The van der Waals surface area contributed by atoms with Crippen LogP contribution in [-0.2, 0) is 12.8 Å². The molecule has 5 nitrogen and oxygen atoms in total. The van der Waals surface area contributed by atoms with E-state index in [1.54, 1.807) is 14.2 Å². The number of benzene rings is 2. The minimum atomic E-state index is 0.285. The van der Waals surface area contributed by atoms with Gasteiger partial charge in [-0.05, 0) is 47.6 Å². The summed E-state index contributed by atoms with van der Waals surface area (Å²) in [6.07, 6.45) is 3.76. The van der Waals surface area contributed by atoms with Crippen molar-refractivity contribution in [2.45, 2.75) is 12.8 Å². The first-order valence-corrected chi connectivity index (χ1v) is 8.25. The highest BCUT2D eigenvalue weighted by Gasteiger charge is 2.25. The van der Waals surface area contributed by atoms with Crippen LogP contribution in [0.5, 0.6) is 23.0 Å². The third-order valence-electron chi connectivity index (χ3n) is 5.02. The SMILES string of the molecule is COc1ccc2c3c(ncc2c1OC)-c1cc2c(cc1CC3)OCO2. The summed E-state index contributed by atoms with van der Waals surface area (Å²) in [7, 11) is 3.31. The van der Waals surface area contributed by atoms with Crippen molar-refractivity contribution in [1.29, 1.82) is 0 Å². The van der Waals surface area contributed by atoms with Gasteiger partial charge in [-0.15, -0.1) is 0 Å². The average Bonchev–Trinajstić information content (AvgIpc) is 3.11. The highest BCUT2D eigenvalue weighted by Crippen LogP contribution is 2.45. The molecule has 3 aromatic rings. The summed E-state index contributed by atoms with van der Waals surface area (Å²) in [5.74, 6) is 3.07. The molecule has 126 valence electrons. The predicted octanol–water partition coefficient (Wildman–Crippen LogP) is 3.75. The molecule has 0 bridgehead atoms. The Kier molecular flexibility index (Phi) is 3.04. The van der Waals surface area contributed by atoms with E-state index in [-0.39, 0.29) is 6.79 Å². The van der Waals surface area contributed by atoms with Gasteiger partial charge in [-0.3, -0.25) is 4.98 Å². The van der Waals surface area contributed by atoms with Gasteiger partial charge in [0.2, 0.25) is 6.79 Å². The standard InChI is InChI=1S/C20H17NO4/c1-22-16-6-5-12-13-4-3-11-7-17-18(25-10-24-17)8-14(11)19(13)21-9-15(12)20(16)23-2/h5-9H,3-4,10H2,1-2H3. The Labute approximate surface area is 145 Å². The van der Waals surface area contributed by atoms with Crippen LogP contribution in [0.15, 0.2) is 30.5 Å². The maximum absolute atomic E-state index is 5.57. The first-order chi connectivity index (χ1) is 12.3. The Hall–Kier alpha value is -2.95. The van der Waals surface area contributed by atoms with Gasteiger partial charge in [0.25, 0.3) is 0 Å². The largest absolute Gasteiger partial charge is 0.493 e. The highest BCUT2D eigenvalue weighted by atomic mass is 16.7. The van der Waals surface area contributed by atoms with Crippen LogP contribution in [0, 0.1) is 0 Å². The van der Waals surface area contributed by atoms with Gasteiger partial charge in [0, 0.05) is 17.1 Å². The van der Waals surface area contributed by atoms with Crippen LogP contribution in [0.4, 0.5) is 0 Å². The zero-order valence-electron chi connectivity index (χ0n) is 14.1. The first-order valence-electron chi connectivity index (χ1n) is 8.25. The van der Waals surface area contributed by atoms with E-state index in [1.807, 2.05) is 12.3 Å². The van der Waals surface area contributed by atoms with E-state index < -0.39 is 0 Å². The lowest BCUT2D eigenvalue weighted by Crippen LogP contribution is -2.07. The maximum atomic E-state index is 5.57. The zero-order chi connectivity index (χ0) is 17.0. The monoisotopic (exact) mass is 335 g/mol. The van der Waals surface area contributed by atoms with Crippen molar-refractivity contribution in [2.24, 2.45) is 0 Å². The predicted molar refractivity (Wildman–Crippen MR) is 93.8 cm³/mol. The molecular weight excluding hydrogens is 318 g/mol. The quantitative estimate of drug-likeness (QED) is 0.714. The molecule has 25 heavy (non-hydrogen) atoms. The van der Waals surface area contributed by atoms with Crippen molar-refractivity contribution >= 4 is 10.8 Å². The summed E-state index contributed by atoms with van der Waals surface area (Å²) in [5, 5.41) is 2.13. The maximum Gasteiger partial charge on any atom is 0.231 e. The summed E-state index contributed by atoms with van der Waals surface area (Å²) in [6, 6.07) is 8.18. The van der Waals surface area contributed by atoms with Crippen LogP contribution >= 0.6 is 0 Å². The van der Waals surface area contributed by atoms with Crippen LogP contribution in [0.25, 0.3) is 22.0 Å². The van der Waals surface area contributed by atoms with Crippen molar-refractivity contribution in [3.8, 4) is 34.3 Å². The van der Waals surface area contributed by atoms with Gasteiger partial charge in [0.1, 0.15) is 0 Å². The number of hydrogen-bond acceptors (Lipinski definition) is 5. The van der Waals surface area contributed by atoms with Crippen molar-refractivity contribution in [3.05, 3.63) is 41.6 Å². The molecule has 0 N–H and O–H groups in total. The summed E-state index contributed by atoms with van der Waals surface area (Å²) in [5.41, 5.74) is 4.63. The summed E-state index contributed by atoms with van der Waals surface area (Å²) < 4.78 is 22.0. The van der Waals surface area contributed by atoms with Crippen LogP contribution in [0.3, 0.4) is 0 Å². The third kappa shape index (κ3) is 1.98. The van der Waals surface area contributed by atoms with E-state index in [9.17, 15) is 0 Å². The molecule has 1 aliphatic carbocycles. The first kappa shape index (κ1) is 14.4. The second kappa shape index (κ2) is 5.28. The fraction of sp³-hybridized carbons (Fsp3) is 0.250. The summed E-state index contributed by atoms with van der Waals surface area (Å²) >= 11 is 0. The summed E-state index contributed by atoms with van der Waals surface area (Å²) in [4.78, 5) is 4.77. The Balaban J connectivity index is 1.76. The molecule has 0 saturated heterocycles. The normalized spacial score (nSPS) is 14.2. The Morgan fingerprint density at radius 1 is 0.960 bits per heavy atom. The van der Waals surface area contributed by atoms with Gasteiger partial charge >= 0.3 is 0 Å². The zero-order valence-corrected chi connectivity index (χ0v) is 14.1. The Bertz CT molecular complexity index is 1010. The van der Waals surface area contributed by atoms with Crippen molar-refractivity contribution in [1.82, 2.24) is 4.98 Å². The molecule has 0 saturated carbocycles.